The number of aromatic nitrogens is 24. The van der Waals surface area contributed by atoms with Gasteiger partial charge in [0.15, 0.2) is 86.6 Å². The van der Waals surface area contributed by atoms with Crippen molar-refractivity contribution in [3.05, 3.63) is 105 Å². The molecule has 6 unspecified atom stereocenters. The maximum absolute atomic E-state index is 13.5. The number of nitrogens with zero attached hydrogens (tertiary/aromatic N) is 21. The van der Waals surface area contributed by atoms with Crippen LogP contribution in [0.25, 0.3) is 50.4 Å². The van der Waals surface area contributed by atoms with Crippen molar-refractivity contribution in [1.82, 2.24) is 117 Å². The second-order valence-corrected chi connectivity index (χ2v) is 46.6. The highest BCUT2D eigenvalue weighted by atomic mass is 32.7. The Morgan fingerprint density at radius 2 is 0.636 bits per heavy atom. The van der Waals surface area contributed by atoms with Crippen molar-refractivity contribution >= 4 is 197 Å². The average molecular weight is 2020 g/mol. The highest BCUT2D eigenvalue weighted by molar-refractivity contribution is 8.44. The molecule has 0 spiro atoms. The van der Waals surface area contributed by atoms with Crippen molar-refractivity contribution in [3.63, 3.8) is 0 Å². The van der Waals surface area contributed by atoms with Crippen LogP contribution in [0.3, 0.4) is 0 Å². The van der Waals surface area contributed by atoms with Gasteiger partial charge < -0.3 is 133 Å². The van der Waals surface area contributed by atoms with E-state index in [2.05, 4.69) is 102 Å². The van der Waals surface area contributed by atoms with E-state index in [0.717, 1.165) is 0 Å². The fourth-order valence-corrected chi connectivity index (χ4v) is 24.7. The summed E-state index contributed by atoms with van der Waals surface area (Å²) in [6.45, 7) is -24.9. The van der Waals surface area contributed by atoms with Gasteiger partial charge in [-0.1, -0.05) is 12.2 Å². The molecular weight excluding hydrogens is 1950 g/mol. The van der Waals surface area contributed by atoms with Gasteiger partial charge >= 0.3 is 40.4 Å². The van der Waals surface area contributed by atoms with Crippen LogP contribution < -0.4 is 51.1 Å². The third-order valence-electron chi connectivity index (χ3n) is 21.4. The van der Waals surface area contributed by atoms with Gasteiger partial charge in [-0.25, -0.2) is 63.0 Å². The summed E-state index contributed by atoms with van der Waals surface area (Å²) in [5.74, 6) is 0.151. The van der Waals surface area contributed by atoms with Gasteiger partial charge in [-0.15, -0.1) is 0 Å². The van der Waals surface area contributed by atoms with Gasteiger partial charge in [0.2, 0.25) is 17.8 Å². The molecule has 57 nitrogen and oxygen atoms in total. The van der Waals surface area contributed by atoms with Crippen molar-refractivity contribution in [3.8, 4) is 0 Å². The number of aromatic amines is 3. The number of thiol groups is 1. The molecule has 690 valence electrons. The van der Waals surface area contributed by atoms with Crippen LogP contribution in [-0.2, 0) is 146 Å². The number of nitrogen functional groups attached to an aromatic ring is 6. The van der Waals surface area contributed by atoms with Crippen molar-refractivity contribution in [2.24, 2.45) is 0 Å². The molecule has 0 saturated carbocycles. The zero-order valence-corrected chi connectivity index (χ0v) is 75.7. The lowest BCUT2D eigenvalue weighted by Crippen LogP contribution is -2.29. The topological polar surface area (TPSA) is 760 Å². The second-order valence-electron chi connectivity index (χ2n) is 29.8. The van der Waals surface area contributed by atoms with Gasteiger partial charge in [-0.05, 0) is 59.0 Å². The fraction of sp³-hybridized carbons (Fsp3) is 0.500. The molecule has 0 aromatic carbocycles. The van der Waals surface area contributed by atoms with Crippen molar-refractivity contribution in [1.29, 1.82) is 0 Å². The molecular formula is C60H72N30O27P6S6. The number of hydrogen-bond acceptors (Lipinski definition) is 48. The van der Waals surface area contributed by atoms with Crippen LogP contribution in [0.4, 0.5) is 35.3 Å². The first-order valence-corrected chi connectivity index (χ1v) is 53.9. The van der Waals surface area contributed by atoms with Gasteiger partial charge in [0.25, 0.3) is 16.7 Å². The predicted molar refractivity (Wildman–Crippen MR) is 460 cm³/mol. The zero-order chi connectivity index (χ0) is 90.3. The van der Waals surface area contributed by atoms with E-state index in [0.29, 0.717) is 34.0 Å². The van der Waals surface area contributed by atoms with E-state index in [1.54, 1.807) is 12.4 Å². The minimum absolute atomic E-state index is 0.00862. The Hall–Kier alpha value is -7.59. The molecule has 129 heavy (non-hydrogen) atoms. The molecule has 9 aliphatic rings. The molecule has 9 fully saturated rings. The summed E-state index contributed by atoms with van der Waals surface area (Å²) in [6, 6.07) is 0. The molecule has 0 amide bonds. The monoisotopic (exact) mass is 2020 g/mol. The summed E-state index contributed by atoms with van der Waals surface area (Å²) >= 11 is 30.8. The number of H-pyrrole nitrogens is 3. The van der Waals surface area contributed by atoms with E-state index in [-0.39, 0.29) is 147 Å². The van der Waals surface area contributed by atoms with Gasteiger partial charge in [-0.2, -0.15) is 30.2 Å². The smallest absolute Gasteiger partial charge is 0.381 e. The first-order valence-electron chi connectivity index (χ1n) is 38.3. The van der Waals surface area contributed by atoms with Crippen LogP contribution in [0.2, 0.25) is 0 Å². The number of rotatable bonds is 6. The number of anilines is 6. The molecule has 12 aromatic rings. The lowest BCUT2D eigenvalue weighted by molar-refractivity contribution is -0.0550. The van der Waals surface area contributed by atoms with Crippen molar-refractivity contribution in [2.45, 2.75) is 149 Å². The van der Waals surface area contributed by atoms with E-state index in [1.165, 1.54) is 71.4 Å². The van der Waals surface area contributed by atoms with Crippen LogP contribution in [0.1, 0.15) is 92.6 Å². The van der Waals surface area contributed by atoms with Gasteiger partial charge in [0.05, 0.1) is 131 Å². The lowest BCUT2D eigenvalue weighted by Gasteiger charge is -2.27. The van der Waals surface area contributed by atoms with Crippen LogP contribution in [0.5, 0.6) is 0 Å². The third-order valence-corrected chi connectivity index (χ3v) is 30.9. The molecule has 0 radical (unpaired) electrons. The first-order chi connectivity index (χ1) is 61.4. The third kappa shape index (κ3) is 19.0. The quantitative estimate of drug-likeness (QED) is 0.0780. The number of ether oxygens (including phenoxy) is 6. The molecule has 69 heteroatoms. The summed E-state index contributed by atoms with van der Waals surface area (Å²) in [5, 5.41) is 12.6. The van der Waals surface area contributed by atoms with Gasteiger partial charge in [0, 0.05) is 38.5 Å². The number of nitrogens with one attached hydrogen (secondary N) is 3. The Morgan fingerprint density at radius 3 is 0.946 bits per heavy atom. The molecule has 9 aliphatic heterocycles. The van der Waals surface area contributed by atoms with Gasteiger partial charge in [-0.3, -0.25) is 52.1 Å². The summed E-state index contributed by atoms with van der Waals surface area (Å²) < 4.78 is 129. The Balaban J connectivity index is 0.000000126. The standard InChI is InChI=1S/3C20H24N10O9P2S2/c3*21-15-17-23-3-9(30(17)26-6-24-15)10-2-11-13(37-10)5-35-41(33,43)39-12-1-8(4-34-40(32,42)38-11)36-19(12)29-7-25-14-16(29)27-20(22)28-18(14)31/h3*3,6-8,10-13,19H,1-2,4-5H2,(H,32,42)(H,33,43)(H2,21,24,26)(H3,22,27,28,31)/t3*8-,10+,11-,12+,13+,19+,40?,41?/m000/s1. The summed E-state index contributed by atoms with van der Waals surface area (Å²) in [6.07, 6.45) is -1.33. The molecule has 21 heterocycles. The van der Waals surface area contributed by atoms with Crippen LogP contribution >= 0.6 is 52.6 Å². The molecule has 21 rings (SSSR count). The normalized spacial score (nSPS) is 35.4. The minimum atomic E-state index is -4.07. The van der Waals surface area contributed by atoms with Crippen LogP contribution in [0.15, 0.2) is 70.9 Å². The number of imidazole rings is 6. The Kier molecular flexibility index (Phi) is 24.8. The fourth-order valence-electron chi connectivity index (χ4n) is 15.8. The zero-order valence-electron chi connectivity index (χ0n) is 65.3. The van der Waals surface area contributed by atoms with Crippen molar-refractivity contribution in [2.75, 3.05) is 74.0 Å². The summed E-state index contributed by atoms with van der Waals surface area (Å²) in [5.41, 5.74) is 36.3. The molecule has 6 bridgehead atoms. The Bertz CT molecular complexity index is 6250. The van der Waals surface area contributed by atoms with Crippen LogP contribution in [0, 0.1) is 0 Å². The molecule has 24 atom stereocenters. The lowest BCUT2D eigenvalue weighted by atomic mass is 10.1. The Morgan fingerprint density at radius 1 is 0.357 bits per heavy atom. The van der Waals surface area contributed by atoms with E-state index < -0.39 is 167 Å². The number of hydrogen-bond donors (Lipinski definition) is 15. The highest BCUT2D eigenvalue weighted by Crippen LogP contribution is 2.61. The molecule has 12 aromatic heterocycles. The van der Waals surface area contributed by atoms with E-state index in [4.69, 9.17) is 176 Å². The Labute approximate surface area is 749 Å². The maximum Gasteiger partial charge on any atom is 0.386 e. The maximum atomic E-state index is 13.5. The van der Waals surface area contributed by atoms with Crippen molar-refractivity contribution < 1.29 is 112 Å². The molecule has 20 N–H and O–H groups in total. The summed E-state index contributed by atoms with van der Waals surface area (Å²) in [7, 11) is 0. The van der Waals surface area contributed by atoms with E-state index >= 15 is 0 Å². The highest BCUT2D eigenvalue weighted by Gasteiger charge is 2.52. The number of fused-ring (bicyclic) bond motifs is 15. The van der Waals surface area contributed by atoms with E-state index in [1.807, 2.05) is 0 Å². The summed E-state index contributed by atoms with van der Waals surface area (Å²) in [4.78, 5) is 149. The average Bonchev–Trinajstić information content (AvgIpc) is 1.60. The number of nitrogens with two attached hydrogens (primary N) is 6. The molecule has 9 saturated heterocycles. The first kappa shape index (κ1) is 90.6. The SMILES string of the molecule is Nc1nc2c(ncn2[C@@H]2O[C@@H]3COP(O)(=S)O[C@H]4C[C@H](c5cnc6c(N)ncnn56)O[C@@H]4COP(=O)(S)O[C@@H]2C3)c(=O)[nH]1.Nc1nc2c(ncn2[C@@H]2O[C@@H]3COP(O)(=S)O[C@H]4C[C@H](c5cnc6c(N)ncnn56)O[C@@H]4COP(O)(=S)O[C@@H]2C3)c(=O)[nH]1.Nc1nc2c(ncn2[C@@H]2O[C@@H]3COP(O)(=S)O[C@H]4C[C@H](c5cnc6c(N)ncnn56)O[C@@H]4COP(O)(=S)O[C@@H]2C3)c(=O)[nH]1. The van der Waals surface area contributed by atoms with Crippen LogP contribution in [-0.4, -0.2) is 255 Å². The van der Waals surface area contributed by atoms with E-state index in [9.17, 15) is 43.4 Å². The molecule has 0 aliphatic carbocycles. The predicted octanol–water partition coefficient (Wildman–Crippen LogP) is 0.192. The minimum Gasteiger partial charge on any atom is -0.381 e. The largest absolute Gasteiger partial charge is 0.386 e. The second kappa shape index (κ2) is 35.3. The van der Waals surface area contributed by atoms with Gasteiger partial charge in [0.1, 0.15) is 73.9 Å².